The number of hydrogen-bond acceptors (Lipinski definition) is 4. The molecule has 7 heteroatoms. The Hall–Kier alpha value is -2.54. The van der Waals surface area contributed by atoms with Crippen molar-refractivity contribution < 1.29 is 18.3 Å². The summed E-state index contributed by atoms with van der Waals surface area (Å²) in [5, 5.41) is 2.51. The minimum absolute atomic E-state index is 0.345. The summed E-state index contributed by atoms with van der Waals surface area (Å²) < 4.78 is 32.0. The number of rotatable bonds is 3. The van der Waals surface area contributed by atoms with E-state index in [2.05, 4.69) is 15.2 Å². The SMILES string of the molecule is O=C(Nc1ccc(N2CCOCC2)nc1)c1cc(F)ccc1F. The van der Waals surface area contributed by atoms with E-state index in [9.17, 15) is 13.6 Å². The van der Waals surface area contributed by atoms with Gasteiger partial charge in [0.15, 0.2) is 0 Å². The topological polar surface area (TPSA) is 54.5 Å². The van der Waals surface area contributed by atoms with Crippen LogP contribution in [0, 0.1) is 11.6 Å². The third-order valence-electron chi connectivity index (χ3n) is 3.51. The third-order valence-corrected chi connectivity index (χ3v) is 3.51. The molecule has 1 saturated heterocycles. The first-order valence-corrected chi connectivity index (χ1v) is 7.18. The van der Waals surface area contributed by atoms with Crippen LogP contribution in [-0.2, 0) is 4.74 Å². The summed E-state index contributed by atoms with van der Waals surface area (Å²) in [7, 11) is 0. The molecule has 0 radical (unpaired) electrons. The molecule has 1 N–H and O–H groups in total. The largest absolute Gasteiger partial charge is 0.378 e. The molecule has 0 saturated carbocycles. The summed E-state index contributed by atoms with van der Waals surface area (Å²) in [5.74, 6) is -1.38. The monoisotopic (exact) mass is 319 g/mol. The zero-order chi connectivity index (χ0) is 16.2. The molecule has 0 atom stereocenters. The maximum absolute atomic E-state index is 13.6. The van der Waals surface area contributed by atoms with Gasteiger partial charge >= 0.3 is 0 Å². The second-order valence-electron chi connectivity index (χ2n) is 5.08. The summed E-state index contributed by atoms with van der Waals surface area (Å²) in [5.41, 5.74) is 0.0675. The van der Waals surface area contributed by atoms with Gasteiger partial charge in [-0.05, 0) is 30.3 Å². The number of anilines is 2. The lowest BCUT2D eigenvalue weighted by molar-refractivity contribution is 0.102. The highest BCUT2D eigenvalue weighted by molar-refractivity contribution is 6.04. The lowest BCUT2D eigenvalue weighted by atomic mass is 10.2. The van der Waals surface area contributed by atoms with Gasteiger partial charge in [0.2, 0.25) is 0 Å². The van der Waals surface area contributed by atoms with Crippen LogP contribution in [0.5, 0.6) is 0 Å². The predicted molar refractivity (Wildman–Crippen MR) is 81.6 cm³/mol. The standard InChI is InChI=1S/C16H15F2N3O2/c17-11-1-3-14(18)13(9-11)16(22)20-12-2-4-15(19-10-12)21-5-7-23-8-6-21/h1-4,9-10H,5-8H2,(H,20,22). The first-order chi connectivity index (χ1) is 11.1. The van der Waals surface area contributed by atoms with Gasteiger partial charge in [-0.15, -0.1) is 0 Å². The average Bonchev–Trinajstić information content (AvgIpc) is 2.58. The molecule has 1 fully saturated rings. The van der Waals surface area contributed by atoms with Crippen molar-refractivity contribution in [2.45, 2.75) is 0 Å². The average molecular weight is 319 g/mol. The molecule has 23 heavy (non-hydrogen) atoms. The molecule has 1 aromatic carbocycles. The molecule has 2 heterocycles. The van der Waals surface area contributed by atoms with E-state index in [-0.39, 0.29) is 5.56 Å². The second kappa shape index (κ2) is 6.70. The minimum atomic E-state index is -0.776. The van der Waals surface area contributed by atoms with E-state index < -0.39 is 17.5 Å². The van der Waals surface area contributed by atoms with E-state index in [0.717, 1.165) is 37.1 Å². The smallest absolute Gasteiger partial charge is 0.258 e. The fourth-order valence-electron chi connectivity index (χ4n) is 2.31. The van der Waals surface area contributed by atoms with E-state index in [1.807, 2.05) is 0 Å². The zero-order valence-corrected chi connectivity index (χ0v) is 12.3. The van der Waals surface area contributed by atoms with Crippen molar-refractivity contribution >= 4 is 17.4 Å². The van der Waals surface area contributed by atoms with Crippen molar-refractivity contribution in [3.8, 4) is 0 Å². The van der Waals surface area contributed by atoms with Crippen LogP contribution in [0.4, 0.5) is 20.3 Å². The van der Waals surface area contributed by atoms with Gasteiger partial charge in [0.25, 0.3) is 5.91 Å². The summed E-state index contributed by atoms with van der Waals surface area (Å²) in [6.45, 7) is 2.82. The van der Waals surface area contributed by atoms with Gasteiger partial charge in [-0.3, -0.25) is 4.79 Å². The Labute approximate surface area is 131 Å². The number of aromatic nitrogens is 1. The Morgan fingerprint density at radius 2 is 1.96 bits per heavy atom. The van der Waals surface area contributed by atoms with Gasteiger partial charge in [0.1, 0.15) is 17.5 Å². The van der Waals surface area contributed by atoms with Gasteiger partial charge in [0, 0.05) is 13.1 Å². The molecule has 0 aliphatic carbocycles. The van der Waals surface area contributed by atoms with Gasteiger partial charge in [0.05, 0.1) is 30.7 Å². The van der Waals surface area contributed by atoms with Crippen molar-refractivity contribution in [3.63, 3.8) is 0 Å². The first-order valence-electron chi connectivity index (χ1n) is 7.18. The Balaban J connectivity index is 1.70. The van der Waals surface area contributed by atoms with Crippen LogP contribution < -0.4 is 10.2 Å². The summed E-state index contributed by atoms with van der Waals surface area (Å²) in [4.78, 5) is 18.3. The number of benzene rings is 1. The van der Waals surface area contributed by atoms with Crippen LogP contribution in [0.2, 0.25) is 0 Å². The molecule has 0 spiro atoms. The summed E-state index contributed by atoms with van der Waals surface area (Å²) in [6.07, 6.45) is 1.49. The van der Waals surface area contributed by atoms with Crippen LogP contribution >= 0.6 is 0 Å². The highest BCUT2D eigenvalue weighted by atomic mass is 19.1. The Kier molecular flexibility index (Phi) is 4.47. The molecule has 1 aromatic heterocycles. The van der Waals surface area contributed by atoms with Crippen molar-refractivity contribution in [2.75, 3.05) is 36.5 Å². The fraction of sp³-hybridized carbons (Fsp3) is 0.250. The van der Waals surface area contributed by atoms with Crippen LogP contribution in [0.25, 0.3) is 0 Å². The molecule has 1 aliphatic rings. The first kappa shape index (κ1) is 15.4. The number of pyridine rings is 1. The van der Waals surface area contributed by atoms with E-state index >= 15 is 0 Å². The third kappa shape index (κ3) is 3.62. The number of nitrogens with zero attached hydrogens (tertiary/aromatic N) is 2. The number of carbonyl (C=O) groups is 1. The maximum Gasteiger partial charge on any atom is 0.258 e. The lowest BCUT2D eigenvalue weighted by Crippen LogP contribution is -2.36. The zero-order valence-electron chi connectivity index (χ0n) is 12.3. The predicted octanol–water partition coefficient (Wildman–Crippen LogP) is 2.45. The molecule has 0 unspecified atom stereocenters. The molecule has 120 valence electrons. The highest BCUT2D eigenvalue weighted by Gasteiger charge is 2.15. The van der Waals surface area contributed by atoms with Gasteiger partial charge in [-0.1, -0.05) is 0 Å². The fourth-order valence-corrected chi connectivity index (χ4v) is 2.31. The molecule has 5 nitrogen and oxygen atoms in total. The highest BCUT2D eigenvalue weighted by Crippen LogP contribution is 2.17. The van der Waals surface area contributed by atoms with Gasteiger partial charge in [-0.2, -0.15) is 0 Å². The van der Waals surface area contributed by atoms with Crippen molar-refractivity contribution in [1.82, 2.24) is 4.98 Å². The Morgan fingerprint density at radius 1 is 1.17 bits per heavy atom. The number of hydrogen-bond donors (Lipinski definition) is 1. The number of halogens is 2. The summed E-state index contributed by atoms with van der Waals surface area (Å²) >= 11 is 0. The molecule has 1 amide bonds. The second-order valence-corrected chi connectivity index (χ2v) is 5.08. The number of carbonyl (C=O) groups excluding carboxylic acids is 1. The molecular weight excluding hydrogens is 304 g/mol. The van der Waals surface area contributed by atoms with E-state index in [0.29, 0.717) is 18.9 Å². The molecular formula is C16H15F2N3O2. The normalized spacial score (nSPS) is 14.6. The number of morpholine rings is 1. The van der Waals surface area contributed by atoms with Crippen molar-refractivity contribution in [3.05, 3.63) is 53.7 Å². The molecule has 3 rings (SSSR count). The Bertz CT molecular complexity index is 701. The van der Waals surface area contributed by atoms with Crippen molar-refractivity contribution in [1.29, 1.82) is 0 Å². The maximum atomic E-state index is 13.6. The van der Waals surface area contributed by atoms with Crippen LogP contribution in [0.15, 0.2) is 36.5 Å². The number of nitrogens with one attached hydrogen (secondary N) is 1. The quantitative estimate of drug-likeness (QED) is 0.944. The number of ether oxygens (including phenoxy) is 1. The van der Waals surface area contributed by atoms with E-state index in [1.165, 1.54) is 6.20 Å². The van der Waals surface area contributed by atoms with E-state index in [1.54, 1.807) is 12.1 Å². The van der Waals surface area contributed by atoms with Crippen LogP contribution in [0.3, 0.4) is 0 Å². The molecule has 2 aromatic rings. The molecule has 1 aliphatic heterocycles. The van der Waals surface area contributed by atoms with Crippen LogP contribution in [-0.4, -0.2) is 37.2 Å². The molecule has 0 bridgehead atoms. The Morgan fingerprint density at radius 3 is 2.65 bits per heavy atom. The van der Waals surface area contributed by atoms with Gasteiger partial charge in [-0.25, -0.2) is 13.8 Å². The van der Waals surface area contributed by atoms with Gasteiger partial charge < -0.3 is 15.0 Å². The van der Waals surface area contributed by atoms with Crippen molar-refractivity contribution in [2.24, 2.45) is 0 Å². The summed E-state index contributed by atoms with van der Waals surface area (Å²) in [6, 6.07) is 6.19. The lowest BCUT2D eigenvalue weighted by Gasteiger charge is -2.27. The number of amides is 1. The van der Waals surface area contributed by atoms with Crippen LogP contribution in [0.1, 0.15) is 10.4 Å². The minimum Gasteiger partial charge on any atom is -0.378 e. The van der Waals surface area contributed by atoms with E-state index in [4.69, 9.17) is 4.74 Å².